The average molecular weight is 448 g/mol. The summed E-state index contributed by atoms with van der Waals surface area (Å²) in [7, 11) is 1.58. The number of nitrogens with two attached hydrogens (primary N) is 1. The van der Waals surface area contributed by atoms with Crippen molar-refractivity contribution in [3.8, 4) is 11.5 Å². The zero-order valence-corrected chi connectivity index (χ0v) is 18.4. The Kier molecular flexibility index (Phi) is 10.0. The zero-order valence-electron chi connectivity index (χ0n) is 16.0. The van der Waals surface area contributed by atoms with Gasteiger partial charge in [0.15, 0.2) is 11.5 Å². The first kappa shape index (κ1) is 24.5. The molecule has 6 nitrogen and oxygen atoms in total. The molecule has 2 heterocycles. The Morgan fingerprint density at radius 2 is 2.18 bits per heavy atom. The van der Waals surface area contributed by atoms with Gasteiger partial charge in [-0.2, -0.15) is 0 Å². The highest BCUT2D eigenvalue weighted by atomic mass is 35.5. The number of rotatable bonds is 6. The van der Waals surface area contributed by atoms with Crippen LogP contribution in [0.15, 0.2) is 29.1 Å². The van der Waals surface area contributed by atoms with E-state index in [4.69, 9.17) is 15.2 Å². The van der Waals surface area contributed by atoms with Crippen molar-refractivity contribution in [2.24, 2.45) is 11.7 Å². The molecule has 2 aromatic rings. The molecule has 1 saturated heterocycles. The highest BCUT2D eigenvalue weighted by Crippen LogP contribution is 2.30. The van der Waals surface area contributed by atoms with E-state index in [1.807, 2.05) is 17.2 Å². The lowest BCUT2D eigenvalue weighted by Crippen LogP contribution is -2.45. The minimum Gasteiger partial charge on any atom is -0.493 e. The molecule has 156 valence electrons. The summed E-state index contributed by atoms with van der Waals surface area (Å²) in [6.45, 7) is 3.86. The standard InChI is InChI=1S/C19H25N3O3S.2ClH/c1-13(20)15-4-3-7-22(9-15)19(23)14-5-6-17(18(8-14)24-2)25-10-16-11-26-12-21-16;;/h5-6,8,11-13,15H,3-4,7,9-10,20H2,1-2H3;2*1H. The smallest absolute Gasteiger partial charge is 0.254 e. The number of piperidine rings is 1. The van der Waals surface area contributed by atoms with Crippen LogP contribution in [-0.2, 0) is 6.61 Å². The number of hydrogen-bond donors (Lipinski definition) is 1. The molecule has 1 aliphatic heterocycles. The fourth-order valence-electron chi connectivity index (χ4n) is 3.19. The molecule has 1 fully saturated rings. The predicted octanol–water partition coefficient (Wildman–Crippen LogP) is 3.77. The first-order valence-electron chi connectivity index (χ1n) is 8.81. The third-order valence-corrected chi connectivity index (χ3v) is 5.39. The number of thiazole rings is 1. The Bertz CT molecular complexity index is 744. The van der Waals surface area contributed by atoms with Crippen LogP contribution in [0.2, 0.25) is 0 Å². The van der Waals surface area contributed by atoms with Gasteiger partial charge in [0, 0.05) is 30.1 Å². The van der Waals surface area contributed by atoms with Crippen LogP contribution in [0.25, 0.3) is 0 Å². The molecule has 0 aliphatic carbocycles. The topological polar surface area (TPSA) is 77.7 Å². The molecular weight excluding hydrogens is 421 g/mol. The van der Waals surface area contributed by atoms with Gasteiger partial charge in [-0.15, -0.1) is 36.2 Å². The van der Waals surface area contributed by atoms with Gasteiger partial charge in [0.2, 0.25) is 0 Å². The second-order valence-corrected chi connectivity index (χ2v) is 7.37. The molecule has 0 bridgehead atoms. The second-order valence-electron chi connectivity index (χ2n) is 6.65. The molecule has 1 aliphatic rings. The fourth-order valence-corrected chi connectivity index (χ4v) is 3.73. The molecule has 1 amide bonds. The number of ether oxygens (including phenoxy) is 2. The Morgan fingerprint density at radius 3 is 2.82 bits per heavy atom. The van der Waals surface area contributed by atoms with Crippen LogP contribution in [0.1, 0.15) is 35.8 Å². The van der Waals surface area contributed by atoms with E-state index in [-0.39, 0.29) is 36.8 Å². The number of carbonyl (C=O) groups excluding carboxylic acids is 1. The quantitative estimate of drug-likeness (QED) is 0.728. The van der Waals surface area contributed by atoms with Gasteiger partial charge in [0.1, 0.15) is 6.61 Å². The summed E-state index contributed by atoms with van der Waals surface area (Å²) < 4.78 is 11.2. The molecule has 0 radical (unpaired) electrons. The van der Waals surface area contributed by atoms with Crippen molar-refractivity contribution in [2.45, 2.75) is 32.4 Å². The van der Waals surface area contributed by atoms with Crippen LogP contribution >= 0.6 is 36.2 Å². The number of benzene rings is 1. The van der Waals surface area contributed by atoms with Gasteiger partial charge < -0.3 is 20.1 Å². The lowest BCUT2D eigenvalue weighted by Gasteiger charge is -2.34. The van der Waals surface area contributed by atoms with E-state index in [0.717, 1.165) is 25.1 Å². The number of amides is 1. The normalized spacial score (nSPS) is 17.1. The summed E-state index contributed by atoms with van der Waals surface area (Å²) in [5.74, 6) is 1.52. The van der Waals surface area contributed by atoms with Crippen LogP contribution in [0, 0.1) is 5.92 Å². The Hall–Kier alpha value is -1.54. The van der Waals surface area contributed by atoms with Gasteiger partial charge in [-0.3, -0.25) is 4.79 Å². The van der Waals surface area contributed by atoms with Crippen LogP contribution in [0.5, 0.6) is 11.5 Å². The monoisotopic (exact) mass is 447 g/mol. The van der Waals surface area contributed by atoms with Gasteiger partial charge in [-0.25, -0.2) is 4.98 Å². The first-order valence-corrected chi connectivity index (χ1v) is 9.75. The molecule has 9 heteroatoms. The lowest BCUT2D eigenvalue weighted by atomic mass is 9.92. The van der Waals surface area contributed by atoms with E-state index < -0.39 is 0 Å². The van der Waals surface area contributed by atoms with Crippen molar-refractivity contribution >= 4 is 42.1 Å². The molecular formula is C19H27Cl2N3O3S. The summed E-state index contributed by atoms with van der Waals surface area (Å²) in [5.41, 5.74) is 9.27. The summed E-state index contributed by atoms with van der Waals surface area (Å²) in [4.78, 5) is 19.0. The van der Waals surface area contributed by atoms with E-state index in [0.29, 0.717) is 36.1 Å². The predicted molar refractivity (Wildman–Crippen MR) is 116 cm³/mol. The minimum absolute atomic E-state index is 0. The van der Waals surface area contributed by atoms with Crippen LogP contribution in [-0.4, -0.2) is 42.0 Å². The largest absolute Gasteiger partial charge is 0.493 e. The van der Waals surface area contributed by atoms with Crippen LogP contribution in [0.4, 0.5) is 0 Å². The van der Waals surface area contributed by atoms with E-state index in [1.165, 1.54) is 11.3 Å². The maximum absolute atomic E-state index is 12.9. The minimum atomic E-state index is 0. The van der Waals surface area contributed by atoms with Crippen molar-refractivity contribution < 1.29 is 14.3 Å². The molecule has 2 N–H and O–H groups in total. The van der Waals surface area contributed by atoms with Gasteiger partial charge in [0.05, 0.1) is 18.3 Å². The van der Waals surface area contributed by atoms with E-state index in [1.54, 1.807) is 30.8 Å². The fraction of sp³-hybridized carbons (Fsp3) is 0.474. The van der Waals surface area contributed by atoms with Gasteiger partial charge in [0.25, 0.3) is 5.91 Å². The van der Waals surface area contributed by atoms with Crippen molar-refractivity contribution in [1.82, 2.24) is 9.88 Å². The van der Waals surface area contributed by atoms with Crippen LogP contribution < -0.4 is 15.2 Å². The molecule has 2 unspecified atom stereocenters. The highest BCUT2D eigenvalue weighted by Gasteiger charge is 2.27. The maximum atomic E-state index is 12.9. The molecule has 1 aromatic heterocycles. The lowest BCUT2D eigenvalue weighted by molar-refractivity contribution is 0.0660. The average Bonchev–Trinajstić information content (AvgIpc) is 3.19. The zero-order chi connectivity index (χ0) is 18.5. The molecule has 1 aromatic carbocycles. The number of methoxy groups -OCH3 is 1. The van der Waals surface area contributed by atoms with E-state index in [9.17, 15) is 4.79 Å². The summed E-state index contributed by atoms with van der Waals surface area (Å²) in [5, 5.41) is 1.94. The van der Waals surface area contributed by atoms with Crippen molar-refractivity contribution in [3.05, 3.63) is 40.3 Å². The SMILES string of the molecule is COc1cc(C(=O)N2CCCC(C(C)N)C2)ccc1OCc1cscn1.Cl.Cl. The third-order valence-electron chi connectivity index (χ3n) is 4.76. The number of aromatic nitrogens is 1. The molecule has 0 saturated carbocycles. The molecule has 28 heavy (non-hydrogen) atoms. The number of hydrogen-bond acceptors (Lipinski definition) is 6. The summed E-state index contributed by atoms with van der Waals surface area (Å²) >= 11 is 1.53. The van der Waals surface area contributed by atoms with Crippen molar-refractivity contribution in [1.29, 1.82) is 0 Å². The van der Waals surface area contributed by atoms with Gasteiger partial charge in [-0.05, 0) is 43.9 Å². The van der Waals surface area contributed by atoms with Crippen molar-refractivity contribution in [3.63, 3.8) is 0 Å². The highest BCUT2D eigenvalue weighted by molar-refractivity contribution is 7.07. The van der Waals surface area contributed by atoms with E-state index in [2.05, 4.69) is 4.98 Å². The van der Waals surface area contributed by atoms with Gasteiger partial charge >= 0.3 is 0 Å². The second kappa shape index (κ2) is 11.5. The number of halogens is 2. The van der Waals surface area contributed by atoms with E-state index >= 15 is 0 Å². The summed E-state index contributed by atoms with van der Waals surface area (Å²) in [6, 6.07) is 5.41. The molecule has 3 rings (SSSR count). The Morgan fingerprint density at radius 1 is 1.39 bits per heavy atom. The maximum Gasteiger partial charge on any atom is 0.254 e. The first-order chi connectivity index (χ1) is 12.6. The molecule has 2 atom stereocenters. The van der Waals surface area contributed by atoms with Crippen molar-refractivity contribution in [2.75, 3.05) is 20.2 Å². The summed E-state index contributed by atoms with van der Waals surface area (Å²) in [6.07, 6.45) is 2.07. The number of likely N-dealkylation sites (tertiary alicyclic amines) is 1. The van der Waals surface area contributed by atoms with Crippen LogP contribution in [0.3, 0.4) is 0 Å². The Labute approximate surface area is 182 Å². The number of nitrogens with zero attached hydrogens (tertiary/aromatic N) is 2. The van der Waals surface area contributed by atoms with Gasteiger partial charge in [-0.1, -0.05) is 0 Å². The third kappa shape index (κ3) is 5.98. The Balaban J connectivity index is 0.00000196. The molecule has 0 spiro atoms. The number of carbonyl (C=O) groups is 1.